The molecule has 1 rings (SSSR count). The molecule has 0 saturated carbocycles. The Kier molecular flexibility index (Phi) is 15.1. The van der Waals surface area contributed by atoms with Crippen LogP contribution in [0.1, 0.15) is 65.9 Å². The average Bonchev–Trinajstić information content (AvgIpc) is 2.90. The van der Waals surface area contributed by atoms with Crippen LogP contribution in [0, 0.1) is 11.8 Å². The molecule has 240 valence electrons. The number of hydrogen-bond donors (Lipinski definition) is 8. The number of aromatic hydroxyl groups is 1. The first kappa shape index (κ1) is 36.8. The molecule has 0 fully saturated rings. The van der Waals surface area contributed by atoms with E-state index in [1.54, 1.807) is 0 Å². The molecule has 14 nitrogen and oxygen atoms in total. The lowest BCUT2D eigenvalue weighted by Crippen LogP contribution is -2.58. The van der Waals surface area contributed by atoms with Crippen molar-refractivity contribution in [3.63, 3.8) is 0 Å². The number of nitrogens with two attached hydrogens (primary N) is 2. The lowest BCUT2D eigenvalue weighted by Gasteiger charge is -2.26. The van der Waals surface area contributed by atoms with Crippen molar-refractivity contribution >= 4 is 35.5 Å². The predicted molar refractivity (Wildman–Crippen MR) is 158 cm³/mol. The van der Waals surface area contributed by atoms with Crippen molar-refractivity contribution in [1.29, 1.82) is 0 Å². The summed E-state index contributed by atoms with van der Waals surface area (Å²) in [7, 11) is 0. The van der Waals surface area contributed by atoms with Gasteiger partial charge in [0.1, 0.15) is 29.9 Å². The molecule has 0 radical (unpaired) electrons. The lowest BCUT2D eigenvalue weighted by atomic mass is 10.00. The van der Waals surface area contributed by atoms with Gasteiger partial charge in [-0.3, -0.25) is 24.0 Å². The summed E-state index contributed by atoms with van der Waals surface area (Å²) in [6, 6.07) is 0.104. The highest BCUT2D eigenvalue weighted by atomic mass is 16.4. The van der Waals surface area contributed by atoms with Crippen LogP contribution < -0.4 is 32.7 Å². The third kappa shape index (κ3) is 14.0. The molecule has 10 N–H and O–H groups in total. The van der Waals surface area contributed by atoms with E-state index in [-0.39, 0.29) is 43.3 Å². The molecule has 0 unspecified atom stereocenters. The number of phenolic OH excluding ortho intramolecular Hbond substituents is 1. The number of carbonyl (C=O) groups is 6. The molecule has 5 atom stereocenters. The summed E-state index contributed by atoms with van der Waals surface area (Å²) in [4.78, 5) is 75.0. The van der Waals surface area contributed by atoms with Crippen LogP contribution in [0.2, 0.25) is 0 Å². The van der Waals surface area contributed by atoms with E-state index in [0.29, 0.717) is 12.0 Å². The van der Waals surface area contributed by atoms with Crippen molar-refractivity contribution in [1.82, 2.24) is 21.3 Å². The van der Waals surface area contributed by atoms with E-state index in [1.165, 1.54) is 31.2 Å². The van der Waals surface area contributed by atoms with Gasteiger partial charge < -0.3 is 42.9 Å². The number of carboxylic acid groups (broad SMARTS) is 1. The van der Waals surface area contributed by atoms with Gasteiger partial charge in [-0.25, -0.2) is 4.79 Å². The Bertz CT molecular complexity index is 1120. The molecule has 0 aliphatic carbocycles. The average molecular weight is 607 g/mol. The van der Waals surface area contributed by atoms with Crippen LogP contribution in [0.25, 0.3) is 0 Å². The highest BCUT2D eigenvalue weighted by Gasteiger charge is 2.31. The third-order valence-corrected chi connectivity index (χ3v) is 6.46. The molecule has 0 aliphatic heterocycles. The lowest BCUT2D eigenvalue weighted by molar-refractivity contribution is -0.142. The van der Waals surface area contributed by atoms with Gasteiger partial charge in [-0.2, -0.15) is 0 Å². The van der Waals surface area contributed by atoms with Gasteiger partial charge in [0.05, 0.1) is 6.04 Å². The summed E-state index contributed by atoms with van der Waals surface area (Å²) < 4.78 is 0. The van der Waals surface area contributed by atoms with Gasteiger partial charge in [-0.05, 0) is 55.7 Å². The highest BCUT2D eigenvalue weighted by molar-refractivity contribution is 5.95. The zero-order valence-corrected chi connectivity index (χ0v) is 25.4. The Hall–Kier alpha value is -4.20. The summed E-state index contributed by atoms with van der Waals surface area (Å²) in [6.45, 7) is 8.85. The second-order valence-corrected chi connectivity index (χ2v) is 11.5. The summed E-state index contributed by atoms with van der Waals surface area (Å²) in [5.74, 6) is -4.70. The fourth-order valence-corrected chi connectivity index (χ4v) is 4.17. The molecule has 0 aromatic heterocycles. The number of aliphatic carboxylic acids is 1. The Balaban J connectivity index is 2.98. The van der Waals surface area contributed by atoms with Crippen LogP contribution >= 0.6 is 0 Å². The maximum absolute atomic E-state index is 13.2. The van der Waals surface area contributed by atoms with Crippen LogP contribution in [0.4, 0.5) is 0 Å². The van der Waals surface area contributed by atoms with Gasteiger partial charge in [0.15, 0.2) is 0 Å². The molecule has 0 bridgehead atoms. The number of rotatable bonds is 18. The van der Waals surface area contributed by atoms with E-state index < -0.39 is 65.7 Å². The molecule has 0 heterocycles. The molecule has 14 heteroatoms. The summed E-state index contributed by atoms with van der Waals surface area (Å²) in [5, 5.41) is 29.0. The minimum atomic E-state index is -1.33. The monoisotopic (exact) mass is 606 g/mol. The SMILES string of the molecule is CC(C)C[C@H](NC(=O)[C@@H](N)CC(C)C)C(=O)N[C@@H](CCC(N)=O)C(=O)N[C@@H](C)C(=O)N[C@@H](Cc1ccc(O)cc1)C(=O)O. The summed E-state index contributed by atoms with van der Waals surface area (Å²) in [6.07, 6.45) is 0.126. The van der Waals surface area contributed by atoms with Gasteiger partial charge in [-0.1, -0.05) is 39.8 Å². The number of carboxylic acids is 1. The van der Waals surface area contributed by atoms with Crippen molar-refractivity contribution in [2.75, 3.05) is 0 Å². The first-order chi connectivity index (χ1) is 20.0. The zero-order valence-electron chi connectivity index (χ0n) is 25.4. The standard InChI is InChI=1S/C29H46N6O8/c1-15(2)12-20(30)26(39)34-22(13-16(3)4)28(41)33-21(10-11-24(31)37)27(40)32-17(5)25(38)35-23(29(42)43)14-18-6-8-19(36)9-7-18/h6-9,15-17,20-23,36H,10-14,30H2,1-5H3,(H2,31,37)(H,32,40)(H,33,41)(H,34,39)(H,35,38)(H,42,43)/t17-,20-,21-,22-,23-/m0/s1. The van der Waals surface area contributed by atoms with E-state index in [2.05, 4.69) is 21.3 Å². The predicted octanol–water partition coefficient (Wildman–Crippen LogP) is -0.337. The van der Waals surface area contributed by atoms with Crippen LogP contribution in [0.3, 0.4) is 0 Å². The summed E-state index contributed by atoms with van der Waals surface area (Å²) >= 11 is 0. The van der Waals surface area contributed by atoms with Crippen LogP contribution in [-0.2, 0) is 35.2 Å². The number of benzene rings is 1. The van der Waals surface area contributed by atoms with Crippen molar-refractivity contribution in [3.05, 3.63) is 29.8 Å². The summed E-state index contributed by atoms with van der Waals surface area (Å²) in [5.41, 5.74) is 11.8. The fraction of sp³-hybridized carbons (Fsp3) is 0.586. The maximum Gasteiger partial charge on any atom is 0.326 e. The molecule has 0 spiro atoms. The van der Waals surface area contributed by atoms with Crippen molar-refractivity contribution < 1.29 is 39.0 Å². The number of hydrogen-bond acceptors (Lipinski definition) is 8. The van der Waals surface area contributed by atoms with Gasteiger partial charge in [0.25, 0.3) is 0 Å². The minimum Gasteiger partial charge on any atom is -0.508 e. The van der Waals surface area contributed by atoms with E-state index in [4.69, 9.17) is 11.5 Å². The molecule has 5 amide bonds. The third-order valence-electron chi connectivity index (χ3n) is 6.46. The van der Waals surface area contributed by atoms with E-state index in [1.807, 2.05) is 27.7 Å². The van der Waals surface area contributed by atoms with Crippen molar-refractivity contribution in [2.24, 2.45) is 23.3 Å². The molecule has 43 heavy (non-hydrogen) atoms. The number of phenols is 1. The largest absolute Gasteiger partial charge is 0.508 e. The first-order valence-electron chi connectivity index (χ1n) is 14.3. The molecule has 0 saturated heterocycles. The van der Waals surface area contributed by atoms with Crippen LogP contribution in [-0.4, -0.2) is 75.9 Å². The Morgan fingerprint density at radius 3 is 1.74 bits per heavy atom. The highest BCUT2D eigenvalue weighted by Crippen LogP contribution is 2.12. The second-order valence-electron chi connectivity index (χ2n) is 11.5. The Morgan fingerprint density at radius 2 is 1.23 bits per heavy atom. The number of carbonyl (C=O) groups excluding carboxylic acids is 5. The van der Waals surface area contributed by atoms with Gasteiger partial charge in [0.2, 0.25) is 29.5 Å². The Morgan fingerprint density at radius 1 is 0.721 bits per heavy atom. The molecule has 1 aromatic carbocycles. The molecule has 1 aromatic rings. The number of primary amides is 1. The fourth-order valence-electron chi connectivity index (χ4n) is 4.17. The second kappa shape index (κ2) is 17.7. The van der Waals surface area contributed by atoms with E-state index in [9.17, 15) is 39.0 Å². The normalized spacial score (nSPS) is 14.6. The van der Waals surface area contributed by atoms with Gasteiger partial charge >= 0.3 is 5.97 Å². The molecule has 0 aliphatic rings. The topological polar surface area (TPSA) is 243 Å². The molecular formula is C29H46N6O8. The van der Waals surface area contributed by atoms with Crippen LogP contribution in [0.5, 0.6) is 5.75 Å². The van der Waals surface area contributed by atoms with E-state index >= 15 is 0 Å². The zero-order chi connectivity index (χ0) is 32.9. The number of amides is 5. The van der Waals surface area contributed by atoms with Crippen molar-refractivity contribution in [2.45, 2.75) is 96.9 Å². The first-order valence-corrected chi connectivity index (χ1v) is 14.3. The van der Waals surface area contributed by atoms with Crippen LogP contribution in [0.15, 0.2) is 24.3 Å². The smallest absolute Gasteiger partial charge is 0.326 e. The Labute approximate surface area is 251 Å². The number of nitrogens with one attached hydrogen (secondary N) is 4. The van der Waals surface area contributed by atoms with Crippen molar-refractivity contribution in [3.8, 4) is 5.75 Å². The maximum atomic E-state index is 13.2. The quantitative estimate of drug-likeness (QED) is 0.109. The molecular weight excluding hydrogens is 560 g/mol. The van der Waals surface area contributed by atoms with Gasteiger partial charge in [0, 0.05) is 12.8 Å². The van der Waals surface area contributed by atoms with E-state index in [0.717, 1.165) is 0 Å². The minimum absolute atomic E-state index is 0.00147. The van der Waals surface area contributed by atoms with Gasteiger partial charge in [-0.15, -0.1) is 0 Å².